The largest absolute Gasteiger partial charge is 0.467 e. The molecule has 1 aromatic carbocycles. The zero-order chi connectivity index (χ0) is 15.2. The van der Waals surface area contributed by atoms with Gasteiger partial charge in [0, 0.05) is 16.6 Å². The number of hydrogen-bond acceptors (Lipinski definition) is 4. The van der Waals surface area contributed by atoms with Crippen LogP contribution in [0.5, 0.6) is 0 Å². The van der Waals surface area contributed by atoms with Crippen molar-refractivity contribution in [3.63, 3.8) is 0 Å². The smallest absolute Gasteiger partial charge is 0.328 e. The Balaban J connectivity index is 1.90. The predicted molar refractivity (Wildman–Crippen MR) is 79.0 cm³/mol. The summed E-state index contributed by atoms with van der Waals surface area (Å²) in [6, 6.07) is 8.34. The number of nitrogens with one attached hydrogen (secondary N) is 1. The lowest BCUT2D eigenvalue weighted by Gasteiger charge is -2.16. The topological polar surface area (TPSA) is 72.5 Å². The van der Waals surface area contributed by atoms with E-state index in [1.54, 1.807) is 12.1 Å². The third-order valence-electron chi connectivity index (χ3n) is 3.35. The number of amides is 1. The first-order valence-electron chi connectivity index (χ1n) is 6.93. The van der Waals surface area contributed by atoms with Crippen molar-refractivity contribution >= 4 is 22.7 Å². The number of carbonyl (C=O) groups excluding carboxylic acids is 2. The van der Waals surface area contributed by atoms with Crippen LogP contribution >= 0.6 is 0 Å². The molecule has 0 aliphatic heterocycles. The molecule has 1 aliphatic carbocycles. The highest BCUT2D eigenvalue weighted by atomic mass is 32.2. The summed E-state index contributed by atoms with van der Waals surface area (Å²) >= 11 is 0. The first-order chi connectivity index (χ1) is 10.1. The van der Waals surface area contributed by atoms with E-state index in [0.717, 1.165) is 17.7 Å². The number of rotatable bonds is 7. The summed E-state index contributed by atoms with van der Waals surface area (Å²) in [5.74, 6) is -0.281. The van der Waals surface area contributed by atoms with Crippen LogP contribution in [0.15, 0.2) is 35.2 Å². The minimum atomic E-state index is -1.19. The Kier molecular flexibility index (Phi) is 5.50. The molecule has 1 aliphatic rings. The lowest BCUT2D eigenvalue weighted by Crippen LogP contribution is -2.43. The molecule has 0 heterocycles. The average molecular weight is 309 g/mol. The summed E-state index contributed by atoms with van der Waals surface area (Å²) in [5, 5.41) is 2.69. The van der Waals surface area contributed by atoms with Gasteiger partial charge < -0.3 is 10.1 Å². The standard InChI is InChI=1S/C15H19NO4S/c1-20-15(18)13(16-14(17)11-7-8-11)9-10-21(19)12-5-3-2-4-6-12/h2-6,11,13H,7-10H2,1H3,(H,16,17)/t13-,21+/m0/s1. The van der Waals surface area contributed by atoms with E-state index >= 15 is 0 Å². The van der Waals surface area contributed by atoms with Gasteiger partial charge in [0.1, 0.15) is 6.04 Å². The van der Waals surface area contributed by atoms with E-state index in [9.17, 15) is 13.8 Å². The molecule has 1 N–H and O–H groups in total. The Morgan fingerprint density at radius 2 is 2.00 bits per heavy atom. The highest BCUT2D eigenvalue weighted by Crippen LogP contribution is 2.29. The maximum absolute atomic E-state index is 12.1. The predicted octanol–water partition coefficient (Wildman–Crippen LogP) is 1.25. The fourth-order valence-electron chi connectivity index (χ4n) is 1.94. The van der Waals surface area contributed by atoms with Crippen LogP contribution in [0.1, 0.15) is 19.3 Å². The molecule has 2 rings (SSSR count). The number of methoxy groups -OCH3 is 1. The first kappa shape index (κ1) is 15.7. The van der Waals surface area contributed by atoms with Gasteiger partial charge in [-0.05, 0) is 31.4 Å². The molecule has 1 aromatic rings. The summed E-state index contributed by atoms with van der Waals surface area (Å²) in [6.45, 7) is 0. The van der Waals surface area contributed by atoms with Gasteiger partial charge in [-0.25, -0.2) is 4.79 Å². The molecule has 0 aromatic heterocycles. The van der Waals surface area contributed by atoms with E-state index in [1.165, 1.54) is 7.11 Å². The summed E-state index contributed by atoms with van der Waals surface area (Å²) < 4.78 is 16.8. The molecule has 0 spiro atoms. The van der Waals surface area contributed by atoms with Gasteiger partial charge in [-0.15, -0.1) is 0 Å². The SMILES string of the molecule is COC(=O)[C@H](CC[S@@](=O)c1ccccc1)NC(=O)C1CC1. The molecule has 0 radical (unpaired) electrons. The van der Waals surface area contributed by atoms with E-state index in [4.69, 9.17) is 4.74 Å². The Morgan fingerprint density at radius 1 is 1.33 bits per heavy atom. The molecule has 1 saturated carbocycles. The first-order valence-corrected chi connectivity index (χ1v) is 8.25. The summed E-state index contributed by atoms with van der Waals surface area (Å²) in [6.07, 6.45) is 2.04. The minimum absolute atomic E-state index is 0.0248. The molecule has 114 valence electrons. The van der Waals surface area contributed by atoms with Gasteiger partial charge in [-0.1, -0.05) is 18.2 Å². The second-order valence-electron chi connectivity index (χ2n) is 5.01. The fourth-order valence-corrected chi connectivity index (χ4v) is 3.09. The van der Waals surface area contributed by atoms with Gasteiger partial charge in [0.25, 0.3) is 0 Å². The minimum Gasteiger partial charge on any atom is -0.467 e. The van der Waals surface area contributed by atoms with Crippen LogP contribution in [-0.2, 0) is 25.1 Å². The molecule has 2 atom stereocenters. The number of benzene rings is 1. The van der Waals surface area contributed by atoms with Crippen LogP contribution in [0.25, 0.3) is 0 Å². The maximum Gasteiger partial charge on any atom is 0.328 e. The second-order valence-corrected chi connectivity index (χ2v) is 6.58. The van der Waals surface area contributed by atoms with Crippen LogP contribution < -0.4 is 5.32 Å². The summed E-state index contributed by atoms with van der Waals surface area (Å²) in [5.41, 5.74) is 0. The van der Waals surface area contributed by atoms with Crippen molar-refractivity contribution in [3.05, 3.63) is 30.3 Å². The Morgan fingerprint density at radius 3 is 2.57 bits per heavy atom. The van der Waals surface area contributed by atoms with Gasteiger partial charge in [0.15, 0.2) is 0 Å². The monoisotopic (exact) mass is 309 g/mol. The molecule has 1 fully saturated rings. The van der Waals surface area contributed by atoms with Crippen molar-refractivity contribution in [2.75, 3.05) is 12.9 Å². The van der Waals surface area contributed by atoms with E-state index in [1.807, 2.05) is 18.2 Å². The number of hydrogen-bond donors (Lipinski definition) is 1. The van der Waals surface area contributed by atoms with E-state index in [0.29, 0.717) is 12.2 Å². The van der Waals surface area contributed by atoms with Crippen molar-refractivity contribution in [2.24, 2.45) is 5.92 Å². The lowest BCUT2D eigenvalue weighted by molar-refractivity contribution is -0.145. The van der Waals surface area contributed by atoms with Crippen molar-refractivity contribution < 1.29 is 18.5 Å². The average Bonchev–Trinajstić information content (AvgIpc) is 3.35. The second kappa shape index (κ2) is 7.36. The third kappa shape index (κ3) is 4.67. The van der Waals surface area contributed by atoms with E-state index in [-0.39, 0.29) is 11.8 Å². The Bertz CT molecular complexity index is 528. The van der Waals surface area contributed by atoms with E-state index in [2.05, 4.69) is 5.32 Å². The lowest BCUT2D eigenvalue weighted by atomic mass is 10.2. The van der Waals surface area contributed by atoms with Crippen LogP contribution in [0, 0.1) is 5.92 Å². The maximum atomic E-state index is 12.1. The van der Waals surface area contributed by atoms with Gasteiger partial charge in [-0.3, -0.25) is 9.00 Å². The number of esters is 1. The molecule has 0 unspecified atom stereocenters. The molecule has 0 bridgehead atoms. The molecule has 1 amide bonds. The highest BCUT2D eigenvalue weighted by molar-refractivity contribution is 7.85. The van der Waals surface area contributed by atoms with Crippen molar-refractivity contribution in [2.45, 2.75) is 30.2 Å². The number of ether oxygens (including phenoxy) is 1. The molecule has 5 nitrogen and oxygen atoms in total. The molecule has 0 saturated heterocycles. The summed E-state index contributed by atoms with van der Waals surface area (Å²) in [7, 11) is 0.0930. The van der Waals surface area contributed by atoms with Gasteiger partial charge >= 0.3 is 5.97 Å². The highest BCUT2D eigenvalue weighted by Gasteiger charge is 2.33. The van der Waals surface area contributed by atoms with Crippen LogP contribution in [0.3, 0.4) is 0 Å². The van der Waals surface area contributed by atoms with Crippen molar-refractivity contribution in [3.8, 4) is 0 Å². The van der Waals surface area contributed by atoms with Crippen LogP contribution in [0.2, 0.25) is 0 Å². The summed E-state index contributed by atoms with van der Waals surface area (Å²) in [4.78, 5) is 24.2. The van der Waals surface area contributed by atoms with Crippen molar-refractivity contribution in [1.29, 1.82) is 0 Å². The Labute approximate surface area is 126 Å². The van der Waals surface area contributed by atoms with Crippen LogP contribution in [-0.4, -0.2) is 35.0 Å². The van der Waals surface area contributed by atoms with E-state index < -0.39 is 22.8 Å². The third-order valence-corrected chi connectivity index (χ3v) is 4.75. The fraction of sp³-hybridized carbons (Fsp3) is 0.467. The van der Waals surface area contributed by atoms with Crippen LogP contribution in [0.4, 0.5) is 0 Å². The van der Waals surface area contributed by atoms with Gasteiger partial charge in [-0.2, -0.15) is 0 Å². The number of carbonyl (C=O) groups is 2. The molecule has 21 heavy (non-hydrogen) atoms. The quantitative estimate of drug-likeness (QED) is 0.770. The van der Waals surface area contributed by atoms with Gasteiger partial charge in [0.2, 0.25) is 5.91 Å². The zero-order valence-corrected chi connectivity index (χ0v) is 12.7. The molecule has 6 heteroatoms. The zero-order valence-electron chi connectivity index (χ0n) is 11.9. The normalized spacial score (nSPS) is 16.8. The molecular weight excluding hydrogens is 290 g/mol. The molecular formula is C15H19NO4S. The van der Waals surface area contributed by atoms with Gasteiger partial charge in [0.05, 0.1) is 17.9 Å². The van der Waals surface area contributed by atoms with Crippen molar-refractivity contribution in [1.82, 2.24) is 5.32 Å². The Hall–Kier alpha value is -1.69.